The first-order valence-electron chi connectivity index (χ1n) is 6.15. The Labute approximate surface area is 91.9 Å². The topological polar surface area (TPSA) is 29.9 Å². The van der Waals surface area contributed by atoms with Gasteiger partial charge in [-0.3, -0.25) is 0 Å². The lowest BCUT2D eigenvalue weighted by Gasteiger charge is -2.22. The average molecular weight is 207 g/mol. The van der Waals surface area contributed by atoms with E-state index in [-0.39, 0.29) is 0 Å². The molecule has 84 valence electrons. The van der Waals surface area contributed by atoms with E-state index >= 15 is 0 Å². The zero-order chi connectivity index (χ0) is 10.5. The monoisotopic (exact) mass is 207 g/mol. The Kier molecular flexibility index (Phi) is 3.64. The van der Waals surface area contributed by atoms with Gasteiger partial charge in [0.25, 0.3) is 0 Å². The number of nitrogens with zero attached hydrogens (tertiary/aromatic N) is 2. The summed E-state index contributed by atoms with van der Waals surface area (Å²) in [6.45, 7) is 4.20. The predicted octanol–water partition coefficient (Wildman–Crippen LogP) is 2.90. The van der Waals surface area contributed by atoms with Crippen LogP contribution in [0.2, 0.25) is 0 Å². The third kappa shape index (κ3) is 2.74. The first-order chi connectivity index (χ1) is 7.40. The van der Waals surface area contributed by atoms with Gasteiger partial charge in [-0.25, -0.2) is 4.98 Å². The van der Waals surface area contributed by atoms with Crippen molar-refractivity contribution in [3.05, 3.63) is 12.4 Å². The summed E-state index contributed by atoms with van der Waals surface area (Å²) in [7, 11) is 0. The normalized spacial score (nSPS) is 17.9. The number of hydrogen-bond donors (Lipinski definition) is 1. The fraction of sp³-hybridized carbons (Fsp3) is 0.750. The highest BCUT2D eigenvalue weighted by atomic mass is 15.2. The quantitative estimate of drug-likeness (QED) is 0.822. The van der Waals surface area contributed by atoms with Crippen LogP contribution in [-0.4, -0.2) is 16.1 Å². The highest BCUT2D eigenvalue weighted by Crippen LogP contribution is 2.25. The minimum atomic E-state index is 0.866. The zero-order valence-corrected chi connectivity index (χ0v) is 9.58. The smallest absolute Gasteiger partial charge is 0.202 e. The molecule has 1 fully saturated rings. The van der Waals surface area contributed by atoms with Gasteiger partial charge in [-0.2, -0.15) is 0 Å². The van der Waals surface area contributed by atoms with Crippen LogP contribution in [-0.2, 0) is 6.54 Å². The van der Waals surface area contributed by atoms with Crippen molar-refractivity contribution >= 4 is 5.95 Å². The average Bonchev–Trinajstić information content (AvgIpc) is 2.68. The lowest BCUT2D eigenvalue weighted by atomic mass is 9.89. The third-order valence-electron chi connectivity index (χ3n) is 3.23. The fourth-order valence-electron chi connectivity index (χ4n) is 2.43. The summed E-state index contributed by atoms with van der Waals surface area (Å²) in [5, 5.41) is 3.30. The number of anilines is 1. The van der Waals surface area contributed by atoms with E-state index in [1.807, 2.05) is 6.20 Å². The summed E-state index contributed by atoms with van der Waals surface area (Å²) in [4.78, 5) is 4.32. The van der Waals surface area contributed by atoms with E-state index in [0.29, 0.717) is 0 Å². The molecule has 0 radical (unpaired) electrons. The molecule has 0 bridgehead atoms. The maximum atomic E-state index is 4.32. The van der Waals surface area contributed by atoms with Crippen LogP contribution < -0.4 is 5.32 Å². The molecular formula is C12H21N3. The van der Waals surface area contributed by atoms with Crippen molar-refractivity contribution in [3.63, 3.8) is 0 Å². The summed E-state index contributed by atoms with van der Waals surface area (Å²) in [5.74, 6) is 1.90. The SMILES string of the molecule is CCNc1nccn1CC1CCCCC1. The van der Waals surface area contributed by atoms with Gasteiger partial charge in [0, 0.05) is 25.5 Å². The summed E-state index contributed by atoms with van der Waals surface area (Å²) in [5.41, 5.74) is 0. The Morgan fingerprint density at radius 1 is 1.40 bits per heavy atom. The third-order valence-corrected chi connectivity index (χ3v) is 3.23. The molecule has 15 heavy (non-hydrogen) atoms. The van der Waals surface area contributed by atoms with Gasteiger partial charge in [-0.1, -0.05) is 19.3 Å². The number of aromatic nitrogens is 2. The molecule has 1 N–H and O–H groups in total. The van der Waals surface area contributed by atoms with Gasteiger partial charge >= 0.3 is 0 Å². The van der Waals surface area contributed by atoms with E-state index in [4.69, 9.17) is 0 Å². The molecule has 0 aromatic carbocycles. The van der Waals surface area contributed by atoms with Crippen LogP contribution in [0.15, 0.2) is 12.4 Å². The van der Waals surface area contributed by atoms with Crippen molar-refractivity contribution in [2.75, 3.05) is 11.9 Å². The Bertz CT molecular complexity index is 287. The molecule has 1 heterocycles. The molecule has 1 saturated carbocycles. The molecule has 0 amide bonds. The standard InChI is InChI=1S/C12H21N3/c1-2-13-12-14-8-9-15(12)10-11-6-4-3-5-7-11/h8-9,11H,2-7,10H2,1H3,(H,13,14). The molecule has 0 aliphatic heterocycles. The molecule has 0 unspecified atom stereocenters. The molecule has 1 aromatic heterocycles. The second-order valence-corrected chi connectivity index (χ2v) is 4.44. The van der Waals surface area contributed by atoms with Gasteiger partial charge < -0.3 is 9.88 Å². The zero-order valence-electron chi connectivity index (χ0n) is 9.58. The van der Waals surface area contributed by atoms with Crippen molar-refractivity contribution in [1.82, 2.24) is 9.55 Å². The maximum absolute atomic E-state index is 4.32. The van der Waals surface area contributed by atoms with E-state index in [1.165, 1.54) is 32.1 Å². The number of nitrogens with one attached hydrogen (secondary N) is 1. The lowest BCUT2D eigenvalue weighted by molar-refractivity contribution is 0.320. The summed E-state index contributed by atoms with van der Waals surface area (Å²) >= 11 is 0. The van der Waals surface area contributed by atoms with Crippen molar-refractivity contribution in [3.8, 4) is 0 Å². The molecule has 2 rings (SSSR count). The highest BCUT2D eigenvalue weighted by molar-refractivity contribution is 5.25. The molecule has 0 spiro atoms. The van der Waals surface area contributed by atoms with Gasteiger partial charge in [0.1, 0.15) is 0 Å². The number of hydrogen-bond acceptors (Lipinski definition) is 2. The summed E-state index contributed by atoms with van der Waals surface area (Å²) < 4.78 is 2.26. The van der Waals surface area contributed by atoms with Crippen molar-refractivity contribution in [2.24, 2.45) is 5.92 Å². The lowest BCUT2D eigenvalue weighted by Crippen LogP contribution is -2.15. The molecule has 0 saturated heterocycles. The van der Waals surface area contributed by atoms with Crippen LogP contribution in [0.5, 0.6) is 0 Å². The van der Waals surface area contributed by atoms with Gasteiger partial charge in [0.15, 0.2) is 0 Å². The highest BCUT2D eigenvalue weighted by Gasteiger charge is 2.14. The first kappa shape index (κ1) is 10.5. The van der Waals surface area contributed by atoms with E-state index in [9.17, 15) is 0 Å². The van der Waals surface area contributed by atoms with Crippen molar-refractivity contribution in [2.45, 2.75) is 45.6 Å². The minimum Gasteiger partial charge on any atom is -0.356 e. The first-order valence-corrected chi connectivity index (χ1v) is 6.15. The van der Waals surface area contributed by atoms with Crippen molar-refractivity contribution in [1.29, 1.82) is 0 Å². The van der Waals surface area contributed by atoms with E-state index < -0.39 is 0 Å². The van der Waals surface area contributed by atoms with Crippen LogP contribution in [0.4, 0.5) is 5.95 Å². The van der Waals surface area contributed by atoms with Gasteiger partial charge in [-0.15, -0.1) is 0 Å². The Balaban J connectivity index is 1.93. The maximum Gasteiger partial charge on any atom is 0.202 e. The molecule has 3 nitrogen and oxygen atoms in total. The van der Waals surface area contributed by atoms with Gasteiger partial charge in [0.05, 0.1) is 0 Å². The molecule has 1 aliphatic carbocycles. The largest absolute Gasteiger partial charge is 0.356 e. The predicted molar refractivity (Wildman–Crippen MR) is 63.0 cm³/mol. The van der Waals surface area contributed by atoms with E-state index in [2.05, 4.69) is 28.0 Å². The molecule has 0 atom stereocenters. The van der Waals surface area contributed by atoms with Crippen LogP contribution in [0.1, 0.15) is 39.0 Å². The number of rotatable bonds is 4. The van der Waals surface area contributed by atoms with Crippen LogP contribution in [0.3, 0.4) is 0 Å². The Hall–Kier alpha value is -0.990. The van der Waals surface area contributed by atoms with Gasteiger partial charge in [0.2, 0.25) is 5.95 Å². The Morgan fingerprint density at radius 2 is 2.20 bits per heavy atom. The summed E-state index contributed by atoms with van der Waals surface area (Å²) in [6, 6.07) is 0. The van der Waals surface area contributed by atoms with Crippen LogP contribution in [0, 0.1) is 5.92 Å². The van der Waals surface area contributed by atoms with Crippen LogP contribution in [0.25, 0.3) is 0 Å². The Morgan fingerprint density at radius 3 is 2.93 bits per heavy atom. The van der Waals surface area contributed by atoms with E-state index in [0.717, 1.165) is 25.0 Å². The van der Waals surface area contributed by atoms with Crippen LogP contribution >= 0.6 is 0 Å². The van der Waals surface area contributed by atoms with Gasteiger partial charge in [-0.05, 0) is 25.7 Å². The minimum absolute atomic E-state index is 0.866. The summed E-state index contributed by atoms with van der Waals surface area (Å²) in [6.07, 6.45) is 11.0. The number of imidazole rings is 1. The fourth-order valence-corrected chi connectivity index (χ4v) is 2.43. The molecule has 1 aliphatic rings. The second-order valence-electron chi connectivity index (χ2n) is 4.44. The second kappa shape index (κ2) is 5.19. The molecule has 3 heteroatoms. The molecular weight excluding hydrogens is 186 g/mol. The van der Waals surface area contributed by atoms with Crippen molar-refractivity contribution < 1.29 is 0 Å². The molecule has 1 aromatic rings. The van der Waals surface area contributed by atoms with E-state index in [1.54, 1.807) is 0 Å².